The Hall–Kier alpha value is -2.37. The Labute approximate surface area is 109 Å². The van der Waals surface area contributed by atoms with Gasteiger partial charge in [0, 0.05) is 12.4 Å². The van der Waals surface area contributed by atoms with E-state index in [1.807, 2.05) is 6.92 Å². The van der Waals surface area contributed by atoms with E-state index in [2.05, 4.69) is 10.2 Å². The van der Waals surface area contributed by atoms with Gasteiger partial charge >= 0.3 is 0 Å². The number of aromatic amines is 1. The maximum absolute atomic E-state index is 11.8. The Balaban J connectivity index is 2.35. The Morgan fingerprint density at radius 1 is 1.32 bits per heavy atom. The van der Waals surface area contributed by atoms with Crippen LogP contribution in [-0.4, -0.2) is 29.8 Å². The van der Waals surface area contributed by atoms with Crippen LogP contribution >= 0.6 is 0 Å². The third-order valence-corrected chi connectivity index (χ3v) is 3.37. The Morgan fingerprint density at radius 3 is 2.89 bits per heavy atom. The van der Waals surface area contributed by atoms with Crippen LogP contribution < -0.4 is 15.2 Å². The van der Waals surface area contributed by atoms with E-state index in [1.54, 1.807) is 19.2 Å². The van der Waals surface area contributed by atoms with Crippen molar-refractivity contribution in [1.29, 1.82) is 0 Å². The molecular formula is C13H13N3O3. The minimum Gasteiger partial charge on any atom is -0.491 e. The minimum atomic E-state index is -0.270. The van der Waals surface area contributed by atoms with Crippen molar-refractivity contribution in [2.45, 2.75) is 13.3 Å². The molecule has 1 aliphatic heterocycles. The topological polar surface area (TPSA) is 75.3 Å². The van der Waals surface area contributed by atoms with Crippen LogP contribution in [-0.2, 0) is 4.79 Å². The number of aromatic nitrogens is 2. The normalized spacial score (nSPS) is 15.1. The van der Waals surface area contributed by atoms with Gasteiger partial charge in [-0.15, -0.1) is 0 Å². The minimum absolute atomic E-state index is 0.0275. The van der Waals surface area contributed by atoms with E-state index in [0.717, 1.165) is 11.1 Å². The molecule has 19 heavy (non-hydrogen) atoms. The second-order valence-electron chi connectivity index (χ2n) is 4.55. The molecule has 3 rings (SSSR count). The molecule has 0 saturated carbocycles. The molecule has 0 radical (unpaired) electrons. The number of carbonyl (C=O) groups excluding carboxylic acids is 1. The van der Waals surface area contributed by atoms with Gasteiger partial charge in [-0.25, -0.2) is 5.10 Å². The molecule has 0 bridgehead atoms. The van der Waals surface area contributed by atoms with Crippen LogP contribution in [0.25, 0.3) is 10.8 Å². The number of rotatable bonds is 0. The molecule has 2 aromatic rings. The zero-order valence-electron chi connectivity index (χ0n) is 10.7. The fourth-order valence-corrected chi connectivity index (χ4v) is 2.24. The Bertz CT molecular complexity index is 736. The first-order valence-corrected chi connectivity index (χ1v) is 6.00. The van der Waals surface area contributed by atoms with Crippen molar-refractivity contribution in [3.05, 3.63) is 28.2 Å². The van der Waals surface area contributed by atoms with Crippen LogP contribution in [0.15, 0.2) is 16.9 Å². The number of fused-ring (bicyclic) bond motifs is 2. The lowest BCUT2D eigenvalue weighted by molar-refractivity contribution is -0.118. The summed E-state index contributed by atoms with van der Waals surface area (Å²) in [6.07, 6.45) is 0.328. The number of hydrogen-bond acceptors (Lipinski definition) is 4. The van der Waals surface area contributed by atoms with Crippen molar-refractivity contribution < 1.29 is 9.53 Å². The van der Waals surface area contributed by atoms with E-state index in [-0.39, 0.29) is 11.5 Å². The van der Waals surface area contributed by atoms with Gasteiger partial charge in [0.05, 0.1) is 29.8 Å². The van der Waals surface area contributed by atoms with Crippen LogP contribution in [0.4, 0.5) is 5.69 Å². The molecule has 6 nitrogen and oxygen atoms in total. The average molecular weight is 259 g/mol. The fraction of sp³-hybridized carbons (Fsp3) is 0.308. The predicted octanol–water partition coefficient (Wildman–Crippen LogP) is 0.977. The molecule has 1 aromatic carbocycles. The van der Waals surface area contributed by atoms with Gasteiger partial charge in [-0.2, -0.15) is 5.10 Å². The van der Waals surface area contributed by atoms with Gasteiger partial charge in [-0.1, -0.05) is 0 Å². The standard InChI is InChI=1S/C13H13N3O3/c1-7-8-6-11-10(5-9(8)13(18)15-14-7)16(2)12(17)3-4-19-11/h5-6H,3-4H2,1-2H3,(H,15,18). The van der Waals surface area contributed by atoms with E-state index in [1.165, 1.54) is 4.90 Å². The largest absolute Gasteiger partial charge is 0.491 e. The second kappa shape index (κ2) is 4.08. The first-order chi connectivity index (χ1) is 9.08. The highest BCUT2D eigenvalue weighted by atomic mass is 16.5. The number of anilines is 1. The summed E-state index contributed by atoms with van der Waals surface area (Å²) in [6.45, 7) is 2.16. The molecule has 0 unspecified atom stereocenters. The summed E-state index contributed by atoms with van der Waals surface area (Å²) in [6, 6.07) is 3.46. The van der Waals surface area contributed by atoms with E-state index in [0.29, 0.717) is 29.9 Å². The van der Waals surface area contributed by atoms with E-state index in [9.17, 15) is 9.59 Å². The smallest absolute Gasteiger partial charge is 0.272 e. The quantitative estimate of drug-likeness (QED) is 0.765. The molecule has 0 spiro atoms. The lowest BCUT2D eigenvalue weighted by atomic mass is 10.1. The molecule has 0 fully saturated rings. The maximum Gasteiger partial charge on any atom is 0.272 e. The second-order valence-corrected chi connectivity index (χ2v) is 4.55. The summed E-state index contributed by atoms with van der Waals surface area (Å²) in [5, 5.41) is 7.63. The van der Waals surface area contributed by atoms with Crippen LogP contribution in [0.5, 0.6) is 5.75 Å². The number of hydrogen-bond donors (Lipinski definition) is 1. The number of nitrogens with zero attached hydrogens (tertiary/aromatic N) is 2. The third kappa shape index (κ3) is 1.76. The Kier molecular flexibility index (Phi) is 2.51. The van der Waals surface area contributed by atoms with Crippen LogP contribution in [0, 0.1) is 6.92 Å². The van der Waals surface area contributed by atoms with Gasteiger partial charge in [-0.3, -0.25) is 9.59 Å². The highest BCUT2D eigenvalue weighted by Gasteiger charge is 2.21. The number of carbonyl (C=O) groups is 1. The van der Waals surface area contributed by atoms with Crippen LogP contribution in [0.2, 0.25) is 0 Å². The molecule has 2 heterocycles. The van der Waals surface area contributed by atoms with Crippen molar-refractivity contribution in [2.75, 3.05) is 18.6 Å². The van der Waals surface area contributed by atoms with Gasteiger partial charge in [-0.05, 0) is 19.1 Å². The monoisotopic (exact) mass is 259 g/mol. The summed E-state index contributed by atoms with van der Waals surface area (Å²) >= 11 is 0. The summed E-state index contributed by atoms with van der Waals surface area (Å²) in [5.41, 5.74) is 1.07. The van der Waals surface area contributed by atoms with Crippen molar-refractivity contribution >= 4 is 22.4 Å². The lowest BCUT2D eigenvalue weighted by Crippen LogP contribution is -2.25. The number of H-pyrrole nitrogens is 1. The zero-order valence-corrected chi connectivity index (χ0v) is 10.7. The van der Waals surface area contributed by atoms with Gasteiger partial charge in [0.25, 0.3) is 5.56 Å². The van der Waals surface area contributed by atoms with E-state index < -0.39 is 0 Å². The van der Waals surface area contributed by atoms with Crippen molar-refractivity contribution in [2.24, 2.45) is 0 Å². The third-order valence-electron chi connectivity index (χ3n) is 3.37. The summed E-state index contributed by atoms with van der Waals surface area (Å²) in [7, 11) is 1.68. The van der Waals surface area contributed by atoms with Crippen LogP contribution in [0.3, 0.4) is 0 Å². The Morgan fingerprint density at radius 2 is 2.11 bits per heavy atom. The fourth-order valence-electron chi connectivity index (χ4n) is 2.24. The predicted molar refractivity (Wildman–Crippen MR) is 70.6 cm³/mol. The molecule has 1 aromatic heterocycles. The van der Waals surface area contributed by atoms with Crippen molar-refractivity contribution in [3.63, 3.8) is 0 Å². The first kappa shape index (κ1) is 11.7. The molecule has 1 N–H and O–H groups in total. The first-order valence-electron chi connectivity index (χ1n) is 6.00. The number of aryl methyl sites for hydroxylation is 1. The molecule has 0 saturated heterocycles. The number of ether oxygens (including phenoxy) is 1. The van der Waals surface area contributed by atoms with E-state index >= 15 is 0 Å². The molecular weight excluding hydrogens is 246 g/mol. The molecule has 1 amide bonds. The molecule has 1 aliphatic rings. The molecule has 0 aliphatic carbocycles. The van der Waals surface area contributed by atoms with Gasteiger partial charge < -0.3 is 9.64 Å². The van der Waals surface area contributed by atoms with Crippen molar-refractivity contribution in [1.82, 2.24) is 10.2 Å². The van der Waals surface area contributed by atoms with E-state index in [4.69, 9.17) is 4.74 Å². The molecule has 6 heteroatoms. The number of nitrogens with one attached hydrogen (secondary N) is 1. The maximum atomic E-state index is 11.8. The summed E-state index contributed by atoms with van der Waals surface area (Å²) in [5.74, 6) is 0.580. The highest BCUT2D eigenvalue weighted by molar-refractivity contribution is 5.99. The highest BCUT2D eigenvalue weighted by Crippen LogP contribution is 2.34. The van der Waals surface area contributed by atoms with Crippen LogP contribution in [0.1, 0.15) is 12.1 Å². The SMILES string of the molecule is Cc1n[nH]c(=O)c2cc3c(cc12)OCCC(=O)N3C. The molecule has 98 valence electrons. The number of benzene rings is 1. The lowest BCUT2D eigenvalue weighted by Gasteiger charge is -2.17. The van der Waals surface area contributed by atoms with Gasteiger partial charge in [0.1, 0.15) is 5.75 Å². The summed E-state index contributed by atoms with van der Waals surface area (Å²) in [4.78, 5) is 25.2. The zero-order chi connectivity index (χ0) is 13.6. The van der Waals surface area contributed by atoms with Crippen molar-refractivity contribution in [3.8, 4) is 5.75 Å². The van der Waals surface area contributed by atoms with Gasteiger partial charge in [0.2, 0.25) is 5.91 Å². The number of amides is 1. The van der Waals surface area contributed by atoms with Gasteiger partial charge in [0.15, 0.2) is 0 Å². The summed E-state index contributed by atoms with van der Waals surface area (Å²) < 4.78 is 5.59. The molecule has 0 atom stereocenters. The average Bonchev–Trinajstić information content (AvgIpc) is 2.54.